The van der Waals surface area contributed by atoms with E-state index in [1.807, 2.05) is 18.3 Å². The molecule has 74 valence electrons. The Hall–Kier alpha value is -0.570. The number of carbonyl (C=O) groups excluding carboxylic acids is 1. The summed E-state index contributed by atoms with van der Waals surface area (Å²) >= 11 is 3.70. The highest BCUT2D eigenvalue weighted by Gasteiger charge is 2.44. The van der Waals surface area contributed by atoms with Gasteiger partial charge in [0.25, 0.3) is 0 Å². The number of alkyl halides is 1. The third-order valence-corrected chi connectivity index (χ3v) is 4.47. The number of hydrogen-bond donors (Lipinski definition) is 0. The summed E-state index contributed by atoms with van der Waals surface area (Å²) in [6.45, 7) is 0. The zero-order chi connectivity index (χ0) is 9.71. The van der Waals surface area contributed by atoms with Crippen LogP contribution in [0.25, 0.3) is 0 Å². The molecule has 1 aromatic rings. The minimum Gasteiger partial charge on any atom is -0.340 e. The Labute approximate surface area is 91.4 Å². The Balaban J connectivity index is 2.09. The molecule has 1 aliphatic heterocycles. The SMILES string of the molecule is O=C1c2cccn2[C@@H]2[C@H](Br)CCC[C@@H]12. The van der Waals surface area contributed by atoms with Gasteiger partial charge in [-0.3, -0.25) is 4.79 Å². The van der Waals surface area contributed by atoms with Crippen LogP contribution in [0.2, 0.25) is 0 Å². The molecule has 0 radical (unpaired) electrons. The third-order valence-electron chi connectivity index (χ3n) is 3.47. The van der Waals surface area contributed by atoms with E-state index in [0.29, 0.717) is 16.7 Å². The van der Waals surface area contributed by atoms with E-state index in [0.717, 1.165) is 12.1 Å². The number of nitrogens with zero attached hydrogens (tertiary/aromatic N) is 1. The lowest BCUT2D eigenvalue weighted by molar-refractivity contribution is 0.0895. The molecule has 0 bridgehead atoms. The first-order chi connectivity index (χ1) is 6.79. The van der Waals surface area contributed by atoms with Crippen LogP contribution >= 0.6 is 15.9 Å². The molecular formula is C11H12BrNO. The number of aromatic nitrogens is 1. The van der Waals surface area contributed by atoms with E-state index in [-0.39, 0.29) is 5.92 Å². The van der Waals surface area contributed by atoms with Crippen molar-refractivity contribution in [2.45, 2.75) is 30.1 Å². The molecule has 2 heterocycles. The standard InChI is InChI=1S/C11H12BrNO/c12-8-4-1-3-7-10(8)13-6-2-5-9(13)11(7)14/h2,5-8,10H,1,3-4H2/t7-,8-,10+/m1/s1. The molecular weight excluding hydrogens is 242 g/mol. The first-order valence-corrected chi connectivity index (χ1v) is 6.06. The van der Waals surface area contributed by atoms with Gasteiger partial charge in [0, 0.05) is 16.9 Å². The van der Waals surface area contributed by atoms with E-state index in [1.165, 1.54) is 12.8 Å². The van der Waals surface area contributed by atoms with Gasteiger partial charge in [-0.2, -0.15) is 0 Å². The summed E-state index contributed by atoms with van der Waals surface area (Å²) in [4.78, 5) is 12.5. The second-order valence-corrected chi connectivity index (χ2v) is 5.39. The maximum atomic E-state index is 12.0. The summed E-state index contributed by atoms with van der Waals surface area (Å²) in [5.41, 5.74) is 0.909. The monoisotopic (exact) mass is 253 g/mol. The van der Waals surface area contributed by atoms with Crippen LogP contribution in [0.3, 0.4) is 0 Å². The highest BCUT2D eigenvalue weighted by molar-refractivity contribution is 9.09. The molecule has 1 saturated carbocycles. The second-order valence-electron chi connectivity index (χ2n) is 4.21. The molecule has 2 nitrogen and oxygen atoms in total. The fourth-order valence-electron chi connectivity index (χ4n) is 2.83. The molecule has 0 spiro atoms. The predicted octanol–water partition coefficient (Wildman–Crippen LogP) is 2.79. The van der Waals surface area contributed by atoms with Gasteiger partial charge in [0.1, 0.15) is 0 Å². The molecule has 3 atom stereocenters. The van der Waals surface area contributed by atoms with Gasteiger partial charge in [0.15, 0.2) is 5.78 Å². The van der Waals surface area contributed by atoms with Gasteiger partial charge in [-0.25, -0.2) is 0 Å². The fraction of sp³-hybridized carbons (Fsp3) is 0.545. The largest absolute Gasteiger partial charge is 0.340 e. The molecule has 1 aliphatic carbocycles. The van der Waals surface area contributed by atoms with E-state index < -0.39 is 0 Å². The van der Waals surface area contributed by atoms with E-state index in [2.05, 4.69) is 20.5 Å². The summed E-state index contributed by atoms with van der Waals surface area (Å²) in [6, 6.07) is 4.29. The molecule has 0 aromatic carbocycles. The Morgan fingerprint density at radius 2 is 2.29 bits per heavy atom. The summed E-state index contributed by atoms with van der Waals surface area (Å²) in [7, 11) is 0. The maximum Gasteiger partial charge on any atom is 0.184 e. The summed E-state index contributed by atoms with van der Waals surface area (Å²) in [5.74, 6) is 0.591. The van der Waals surface area contributed by atoms with Crippen LogP contribution in [0.15, 0.2) is 18.3 Å². The average Bonchev–Trinajstić information content (AvgIpc) is 2.72. The topological polar surface area (TPSA) is 22.0 Å². The van der Waals surface area contributed by atoms with E-state index in [9.17, 15) is 4.79 Å². The van der Waals surface area contributed by atoms with Gasteiger partial charge < -0.3 is 4.57 Å². The minimum atomic E-state index is 0.240. The van der Waals surface area contributed by atoms with E-state index >= 15 is 0 Å². The van der Waals surface area contributed by atoms with Crippen molar-refractivity contribution < 1.29 is 4.79 Å². The van der Waals surface area contributed by atoms with Gasteiger partial charge in [-0.15, -0.1) is 0 Å². The molecule has 1 fully saturated rings. The van der Waals surface area contributed by atoms with Crippen molar-refractivity contribution in [1.29, 1.82) is 0 Å². The number of carbonyl (C=O) groups is 1. The van der Waals surface area contributed by atoms with E-state index in [4.69, 9.17) is 0 Å². The number of Topliss-reactive ketones (excluding diaryl/α,β-unsaturated/α-hetero) is 1. The smallest absolute Gasteiger partial charge is 0.184 e. The van der Waals surface area contributed by atoms with Gasteiger partial charge in [0.05, 0.1) is 11.7 Å². The van der Waals surface area contributed by atoms with Crippen LogP contribution in [-0.4, -0.2) is 15.2 Å². The van der Waals surface area contributed by atoms with Gasteiger partial charge in [-0.1, -0.05) is 22.4 Å². The molecule has 3 rings (SSSR count). The molecule has 0 saturated heterocycles. The van der Waals surface area contributed by atoms with Crippen LogP contribution in [0.4, 0.5) is 0 Å². The molecule has 2 aliphatic rings. The van der Waals surface area contributed by atoms with Crippen molar-refractivity contribution in [3.63, 3.8) is 0 Å². The van der Waals surface area contributed by atoms with Crippen LogP contribution in [0.1, 0.15) is 35.8 Å². The first-order valence-electron chi connectivity index (χ1n) is 5.14. The zero-order valence-electron chi connectivity index (χ0n) is 7.82. The number of hydrogen-bond acceptors (Lipinski definition) is 1. The Kier molecular flexibility index (Phi) is 1.84. The molecule has 14 heavy (non-hydrogen) atoms. The Bertz CT molecular complexity index is 384. The van der Waals surface area contributed by atoms with Crippen LogP contribution in [-0.2, 0) is 0 Å². The highest BCUT2D eigenvalue weighted by atomic mass is 79.9. The lowest BCUT2D eigenvalue weighted by Gasteiger charge is -2.30. The quantitative estimate of drug-likeness (QED) is 0.652. The number of ketones is 1. The number of halogens is 1. The zero-order valence-corrected chi connectivity index (χ0v) is 9.40. The molecule has 0 amide bonds. The third kappa shape index (κ3) is 0.991. The summed E-state index contributed by atoms with van der Waals surface area (Å²) < 4.78 is 2.16. The molecule has 0 N–H and O–H groups in total. The lowest BCUT2D eigenvalue weighted by Crippen LogP contribution is -2.28. The average molecular weight is 254 g/mol. The number of rotatable bonds is 0. The number of fused-ring (bicyclic) bond motifs is 3. The van der Waals surface area contributed by atoms with Crippen molar-refractivity contribution >= 4 is 21.7 Å². The van der Waals surface area contributed by atoms with Crippen LogP contribution in [0, 0.1) is 5.92 Å². The van der Waals surface area contributed by atoms with Crippen molar-refractivity contribution in [2.75, 3.05) is 0 Å². The summed E-state index contributed by atoms with van der Waals surface area (Å²) in [5, 5.41) is 0. The van der Waals surface area contributed by atoms with Crippen LogP contribution in [0.5, 0.6) is 0 Å². The lowest BCUT2D eigenvalue weighted by atomic mass is 9.84. The Morgan fingerprint density at radius 3 is 3.14 bits per heavy atom. The second kappa shape index (κ2) is 2.96. The van der Waals surface area contributed by atoms with Crippen molar-refractivity contribution in [2.24, 2.45) is 5.92 Å². The van der Waals surface area contributed by atoms with Crippen molar-refractivity contribution in [3.05, 3.63) is 24.0 Å². The maximum absolute atomic E-state index is 12.0. The van der Waals surface area contributed by atoms with Crippen LogP contribution < -0.4 is 0 Å². The molecule has 0 unspecified atom stereocenters. The van der Waals surface area contributed by atoms with Gasteiger partial charge >= 0.3 is 0 Å². The fourth-order valence-corrected chi connectivity index (χ4v) is 3.78. The highest BCUT2D eigenvalue weighted by Crippen LogP contribution is 2.44. The van der Waals surface area contributed by atoms with Crippen molar-refractivity contribution in [1.82, 2.24) is 4.57 Å². The van der Waals surface area contributed by atoms with Gasteiger partial charge in [0.2, 0.25) is 0 Å². The Morgan fingerprint density at radius 1 is 1.43 bits per heavy atom. The minimum absolute atomic E-state index is 0.240. The van der Waals surface area contributed by atoms with Crippen molar-refractivity contribution in [3.8, 4) is 0 Å². The van der Waals surface area contributed by atoms with E-state index in [1.54, 1.807) is 0 Å². The normalized spacial score (nSPS) is 35.5. The predicted molar refractivity (Wildman–Crippen MR) is 57.9 cm³/mol. The molecule has 1 aromatic heterocycles. The first kappa shape index (κ1) is 8.72. The summed E-state index contributed by atoms with van der Waals surface area (Å²) in [6.07, 6.45) is 5.46. The molecule has 3 heteroatoms. The van der Waals surface area contributed by atoms with Gasteiger partial charge in [-0.05, 0) is 25.0 Å².